The number of nitrogens with zero attached hydrogens (tertiary/aromatic N) is 2. The van der Waals surface area contributed by atoms with Crippen LogP contribution in [-0.2, 0) is 34.8 Å². The van der Waals surface area contributed by atoms with Crippen LogP contribution in [0.1, 0.15) is 36.6 Å². The summed E-state index contributed by atoms with van der Waals surface area (Å²) >= 11 is 0. The van der Waals surface area contributed by atoms with Crippen LogP contribution < -0.4 is 16.3 Å². The molecule has 172 valence electrons. The third kappa shape index (κ3) is 2.99. The highest BCUT2D eigenvalue weighted by Crippen LogP contribution is 2.38. The topological polar surface area (TPSA) is 103 Å². The Balaban J connectivity index is 1.83. The number of halogens is 1. The Kier molecular flexibility index (Phi) is 4.98. The predicted octanol–water partition coefficient (Wildman–Crippen LogP) is 1.59. The second kappa shape index (κ2) is 7.64. The third-order valence-corrected chi connectivity index (χ3v) is 6.75. The van der Waals surface area contributed by atoms with E-state index < -0.39 is 22.9 Å². The summed E-state index contributed by atoms with van der Waals surface area (Å²) < 4.78 is 22.6. The maximum Gasteiger partial charge on any atom is 0.343 e. The van der Waals surface area contributed by atoms with E-state index in [2.05, 4.69) is 5.32 Å². The van der Waals surface area contributed by atoms with Crippen molar-refractivity contribution in [3.63, 3.8) is 0 Å². The van der Waals surface area contributed by atoms with Gasteiger partial charge in [0.1, 0.15) is 12.4 Å². The lowest BCUT2D eigenvalue weighted by molar-refractivity contribution is -0.172. The molecule has 2 aliphatic rings. The van der Waals surface area contributed by atoms with E-state index in [1.54, 1.807) is 19.1 Å². The number of nitrogens with one attached hydrogen (secondary N) is 1. The van der Waals surface area contributed by atoms with Crippen LogP contribution in [0, 0.1) is 5.82 Å². The maximum absolute atomic E-state index is 14.1. The second-order valence-electron chi connectivity index (χ2n) is 8.52. The Morgan fingerprint density at radius 2 is 2.03 bits per heavy atom. The molecule has 33 heavy (non-hydrogen) atoms. The minimum Gasteiger partial charge on any atom is -0.458 e. The van der Waals surface area contributed by atoms with Crippen LogP contribution >= 0.6 is 0 Å². The zero-order valence-corrected chi connectivity index (χ0v) is 18.4. The number of benzene rings is 1. The first-order valence-corrected chi connectivity index (χ1v) is 11.0. The standard InChI is InChI=1S/C24H24FN3O5/c1-3-24(32)16-10-18-20-19(11-28(18)22(30)15(16)12-33-23(24)31)27(8-4-7-26-2)17-6-5-13(25)9-14(17)21(20)29/h5-6,9-10,26,32H,3-4,7-8,11-12H2,1-2H3/t24-/m0/s1. The van der Waals surface area contributed by atoms with Crippen molar-refractivity contribution in [2.45, 2.75) is 45.1 Å². The van der Waals surface area contributed by atoms with Gasteiger partial charge in [0.15, 0.2) is 11.0 Å². The molecule has 0 bridgehead atoms. The molecule has 2 aromatic heterocycles. The summed E-state index contributed by atoms with van der Waals surface area (Å²) in [5.74, 6) is -1.34. The molecule has 8 nitrogen and oxygen atoms in total. The first kappa shape index (κ1) is 21.5. The van der Waals surface area contributed by atoms with Crippen LogP contribution in [0.2, 0.25) is 0 Å². The summed E-state index contributed by atoms with van der Waals surface area (Å²) in [6, 6.07) is 5.67. The maximum atomic E-state index is 14.1. The number of hydrogen-bond donors (Lipinski definition) is 2. The van der Waals surface area contributed by atoms with Crippen molar-refractivity contribution in [2.24, 2.45) is 0 Å². The molecular weight excluding hydrogens is 429 g/mol. The van der Waals surface area contributed by atoms with E-state index in [0.29, 0.717) is 29.0 Å². The lowest BCUT2D eigenvalue weighted by Crippen LogP contribution is -2.44. The predicted molar refractivity (Wildman–Crippen MR) is 119 cm³/mol. The summed E-state index contributed by atoms with van der Waals surface area (Å²) in [7, 11) is 1.85. The van der Waals surface area contributed by atoms with E-state index in [1.807, 2.05) is 11.6 Å². The average molecular weight is 453 g/mol. The Morgan fingerprint density at radius 3 is 2.76 bits per heavy atom. The molecule has 0 aliphatic carbocycles. The third-order valence-electron chi connectivity index (χ3n) is 6.75. The number of hydrogen-bond acceptors (Lipinski definition) is 6. The van der Waals surface area contributed by atoms with Gasteiger partial charge in [-0.1, -0.05) is 6.92 Å². The highest BCUT2D eigenvalue weighted by Gasteiger charge is 2.45. The van der Waals surface area contributed by atoms with Gasteiger partial charge >= 0.3 is 5.97 Å². The van der Waals surface area contributed by atoms with Crippen molar-refractivity contribution in [1.29, 1.82) is 0 Å². The highest BCUT2D eigenvalue weighted by atomic mass is 19.1. The number of aromatic nitrogens is 2. The molecule has 0 amide bonds. The summed E-state index contributed by atoms with van der Waals surface area (Å²) in [4.78, 5) is 39.3. The van der Waals surface area contributed by atoms with Crippen molar-refractivity contribution in [1.82, 2.24) is 14.5 Å². The smallest absolute Gasteiger partial charge is 0.343 e. The number of esters is 1. The molecule has 4 heterocycles. The molecule has 0 saturated carbocycles. The van der Waals surface area contributed by atoms with Crippen LogP contribution in [-0.4, -0.2) is 33.8 Å². The SMILES string of the molecule is CC[C@@]1(O)C(=O)OCc2c1cc1n(c2=O)Cc2c-1c(=O)c1cc(F)ccc1n2CCCNC. The van der Waals surface area contributed by atoms with Gasteiger partial charge in [-0.2, -0.15) is 0 Å². The fourth-order valence-corrected chi connectivity index (χ4v) is 4.98. The summed E-state index contributed by atoms with van der Waals surface area (Å²) in [6.07, 6.45) is 0.781. The van der Waals surface area contributed by atoms with E-state index >= 15 is 0 Å². The first-order valence-electron chi connectivity index (χ1n) is 11.0. The molecule has 2 N–H and O–H groups in total. The molecule has 1 aromatic carbocycles. The van der Waals surface area contributed by atoms with Crippen molar-refractivity contribution in [3.8, 4) is 11.3 Å². The van der Waals surface area contributed by atoms with Crippen LogP contribution in [0.4, 0.5) is 4.39 Å². The Morgan fingerprint density at radius 1 is 1.24 bits per heavy atom. The zero-order valence-electron chi connectivity index (χ0n) is 18.4. The van der Waals surface area contributed by atoms with Gasteiger partial charge in [0.2, 0.25) is 0 Å². The van der Waals surface area contributed by atoms with Crippen molar-refractivity contribution >= 4 is 16.9 Å². The largest absolute Gasteiger partial charge is 0.458 e. The number of aliphatic hydroxyl groups is 1. The Hall–Kier alpha value is -3.30. The van der Waals surface area contributed by atoms with Crippen LogP contribution in [0.25, 0.3) is 22.2 Å². The fraction of sp³-hybridized carbons (Fsp3) is 0.375. The van der Waals surface area contributed by atoms with Gasteiger partial charge in [-0.15, -0.1) is 0 Å². The molecule has 0 spiro atoms. The van der Waals surface area contributed by atoms with Gasteiger partial charge in [-0.25, -0.2) is 9.18 Å². The molecule has 1 atom stereocenters. The van der Waals surface area contributed by atoms with Gasteiger partial charge in [0.25, 0.3) is 5.56 Å². The molecule has 3 aromatic rings. The van der Waals surface area contributed by atoms with E-state index in [4.69, 9.17) is 4.74 Å². The minimum absolute atomic E-state index is 0.0196. The van der Waals surface area contributed by atoms with Crippen molar-refractivity contribution in [3.05, 3.63) is 67.5 Å². The molecule has 9 heteroatoms. The second-order valence-corrected chi connectivity index (χ2v) is 8.52. The number of carbonyl (C=O) groups is 1. The molecule has 2 aliphatic heterocycles. The molecule has 5 rings (SSSR count). The van der Waals surface area contributed by atoms with E-state index in [0.717, 1.165) is 13.0 Å². The monoisotopic (exact) mass is 453 g/mol. The molecule has 0 radical (unpaired) electrons. The van der Waals surface area contributed by atoms with Crippen LogP contribution in [0.3, 0.4) is 0 Å². The van der Waals surface area contributed by atoms with E-state index in [9.17, 15) is 23.9 Å². The first-order chi connectivity index (χ1) is 15.8. The average Bonchev–Trinajstić information content (AvgIpc) is 3.19. The van der Waals surface area contributed by atoms with E-state index in [1.165, 1.54) is 16.7 Å². The summed E-state index contributed by atoms with van der Waals surface area (Å²) in [5, 5.41) is 14.3. The van der Waals surface area contributed by atoms with Crippen LogP contribution in [0.5, 0.6) is 0 Å². The molecule has 0 fully saturated rings. The van der Waals surface area contributed by atoms with E-state index in [-0.39, 0.29) is 41.5 Å². The normalized spacial score (nSPS) is 18.7. The number of rotatable bonds is 5. The quantitative estimate of drug-likeness (QED) is 0.352. The van der Waals surface area contributed by atoms with Crippen molar-refractivity contribution < 1.29 is 19.0 Å². The number of aryl methyl sites for hydroxylation is 1. The highest BCUT2D eigenvalue weighted by molar-refractivity contribution is 5.87. The number of pyridine rings is 2. The Bertz CT molecular complexity index is 1440. The number of cyclic esters (lactones) is 1. The molecule has 0 saturated heterocycles. The lowest BCUT2D eigenvalue weighted by atomic mass is 9.86. The molecular formula is C24H24FN3O5. The fourth-order valence-electron chi connectivity index (χ4n) is 4.98. The van der Waals surface area contributed by atoms with Crippen LogP contribution in [0.15, 0.2) is 33.9 Å². The number of fused-ring (bicyclic) bond motifs is 5. The van der Waals surface area contributed by atoms with Crippen molar-refractivity contribution in [2.75, 3.05) is 13.6 Å². The minimum atomic E-state index is -1.96. The van der Waals surface area contributed by atoms with Gasteiger partial charge < -0.3 is 24.3 Å². The summed E-state index contributed by atoms with van der Waals surface area (Å²) in [5.41, 5.74) is -0.482. The van der Waals surface area contributed by atoms with Gasteiger partial charge in [-0.3, -0.25) is 9.59 Å². The zero-order chi connectivity index (χ0) is 23.5. The van der Waals surface area contributed by atoms with Gasteiger partial charge in [-0.05, 0) is 50.7 Å². The lowest BCUT2D eigenvalue weighted by Gasteiger charge is -2.31. The summed E-state index contributed by atoms with van der Waals surface area (Å²) in [6.45, 7) is 2.87. The molecule has 0 unspecified atom stereocenters. The Labute approximate surface area is 188 Å². The van der Waals surface area contributed by atoms with Gasteiger partial charge in [0.05, 0.1) is 34.6 Å². The number of carbonyl (C=O) groups excluding carboxylic acids is 1. The number of ether oxygens (including phenoxy) is 1. The van der Waals surface area contributed by atoms with Gasteiger partial charge in [0, 0.05) is 17.5 Å².